The number of nitrogens with zero attached hydrogens (tertiary/aromatic N) is 3. The number of ether oxygens (including phenoxy) is 1. The Bertz CT molecular complexity index is 686. The molecule has 1 amide bonds. The number of carbonyl (C=O) groups excluding carboxylic acids is 1. The highest BCUT2D eigenvalue weighted by molar-refractivity contribution is 6.31. The lowest BCUT2D eigenvalue weighted by Crippen LogP contribution is -2.39. The van der Waals surface area contributed by atoms with Crippen molar-refractivity contribution in [3.05, 3.63) is 29.4 Å². The highest BCUT2D eigenvalue weighted by atomic mass is 35.5. The molecule has 1 aliphatic heterocycles. The molecule has 1 saturated heterocycles. The Labute approximate surface area is 133 Å². The second-order valence-electron chi connectivity index (χ2n) is 5.20. The molecule has 0 bridgehead atoms. The zero-order valence-corrected chi connectivity index (χ0v) is 13.0. The zero-order chi connectivity index (χ0) is 15.5. The molecule has 2 aromatic rings. The van der Waals surface area contributed by atoms with Gasteiger partial charge in [0.1, 0.15) is 11.9 Å². The third kappa shape index (κ3) is 3.22. The Balaban J connectivity index is 1.68. The number of anilines is 1. The molecular weight excluding hydrogens is 304 g/mol. The second-order valence-corrected chi connectivity index (χ2v) is 5.64. The molecule has 0 aliphatic carbocycles. The number of hydrogen-bond acceptors (Lipinski definition) is 5. The van der Waals surface area contributed by atoms with E-state index in [1.807, 2.05) is 12.1 Å². The normalized spacial score (nSPS) is 15.8. The molecule has 1 aliphatic rings. The Hall–Kier alpha value is -2.08. The summed E-state index contributed by atoms with van der Waals surface area (Å²) in [6.07, 6.45) is 2.92. The van der Waals surface area contributed by atoms with Crippen molar-refractivity contribution in [3.8, 4) is 0 Å². The summed E-state index contributed by atoms with van der Waals surface area (Å²) in [4.78, 5) is 22.4. The van der Waals surface area contributed by atoms with Crippen LogP contribution in [0.15, 0.2) is 24.4 Å². The number of alkyl carbamates (subject to hydrolysis) is 1. The molecule has 0 spiro atoms. The van der Waals surface area contributed by atoms with Crippen molar-refractivity contribution in [2.75, 3.05) is 25.0 Å². The Morgan fingerprint density at radius 3 is 2.86 bits per heavy atom. The van der Waals surface area contributed by atoms with Crippen LogP contribution in [0.4, 0.5) is 10.6 Å². The van der Waals surface area contributed by atoms with Gasteiger partial charge in [-0.25, -0.2) is 9.78 Å². The van der Waals surface area contributed by atoms with E-state index in [4.69, 9.17) is 16.3 Å². The topological polar surface area (TPSA) is 67.3 Å². The Kier molecular flexibility index (Phi) is 4.29. The first-order valence-electron chi connectivity index (χ1n) is 7.21. The summed E-state index contributed by atoms with van der Waals surface area (Å²) in [7, 11) is 1.56. The van der Waals surface area contributed by atoms with Crippen LogP contribution in [-0.4, -0.2) is 42.3 Å². The summed E-state index contributed by atoms with van der Waals surface area (Å²) >= 11 is 5.95. The standard InChI is InChI=1S/C15H17ClN4O2/c1-17-15(21)22-11-4-6-20(7-5-11)14-9-18-13-8-10(16)2-3-12(13)19-14/h2-3,8-9,11H,4-7H2,1H3,(H,17,21). The van der Waals surface area contributed by atoms with Crippen molar-refractivity contribution in [2.24, 2.45) is 0 Å². The fraction of sp³-hybridized carbons (Fsp3) is 0.400. The van der Waals surface area contributed by atoms with E-state index in [2.05, 4.69) is 20.2 Å². The maximum atomic E-state index is 11.2. The third-order valence-corrected chi connectivity index (χ3v) is 3.97. The number of hydrogen-bond donors (Lipinski definition) is 1. The minimum atomic E-state index is -0.374. The SMILES string of the molecule is CNC(=O)OC1CCN(c2cnc3cc(Cl)ccc3n2)CC1. The molecule has 2 heterocycles. The number of benzene rings is 1. The number of amides is 1. The molecule has 1 N–H and O–H groups in total. The van der Waals surface area contributed by atoms with Crippen LogP contribution < -0.4 is 10.2 Å². The molecule has 0 unspecified atom stereocenters. The average Bonchev–Trinajstić information content (AvgIpc) is 2.55. The van der Waals surface area contributed by atoms with Crippen LogP contribution in [0.3, 0.4) is 0 Å². The fourth-order valence-corrected chi connectivity index (χ4v) is 2.71. The monoisotopic (exact) mass is 320 g/mol. The van der Waals surface area contributed by atoms with E-state index in [0.717, 1.165) is 42.8 Å². The summed E-state index contributed by atoms with van der Waals surface area (Å²) in [5, 5.41) is 3.13. The molecule has 22 heavy (non-hydrogen) atoms. The molecule has 0 saturated carbocycles. The van der Waals surface area contributed by atoms with Crippen LogP contribution in [0.5, 0.6) is 0 Å². The summed E-state index contributed by atoms with van der Waals surface area (Å²) in [5.41, 5.74) is 1.61. The first-order chi connectivity index (χ1) is 10.7. The Morgan fingerprint density at radius 2 is 2.14 bits per heavy atom. The largest absolute Gasteiger partial charge is 0.446 e. The number of halogens is 1. The van der Waals surface area contributed by atoms with Gasteiger partial charge in [0, 0.05) is 38.0 Å². The van der Waals surface area contributed by atoms with Crippen LogP contribution in [0, 0.1) is 0 Å². The lowest BCUT2D eigenvalue weighted by atomic mass is 10.1. The molecule has 1 aromatic heterocycles. The van der Waals surface area contributed by atoms with Gasteiger partial charge in [-0.1, -0.05) is 11.6 Å². The molecule has 6 nitrogen and oxygen atoms in total. The molecule has 3 rings (SSSR count). The third-order valence-electron chi connectivity index (χ3n) is 3.74. The number of fused-ring (bicyclic) bond motifs is 1. The maximum absolute atomic E-state index is 11.2. The van der Waals surface area contributed by atoms with E-state index >= 15 is 0 Å². The zero-order valence-electron chi connectivity index (χ0n) is 12.3. The summed E-state index contributed by atoms with van der Waals surface area (Å²) in [6, 6.07) is 5.48. The predicted octanol–water partition coefficient (Wildman–Crippen LogP) is 2.61. The highest BCUT2D eigenvalue weighted by Gasteiger charge is 2.23. The molecule has 116 valence electrons. The smallest absolute Gasteiger partial charge is 0.407 e. The van der Waals surface area contributed by atoms with Gasteiger partial charge in [0.15, 0.2) is 0 Å². The second kappa shape index (κ2) is 6.36. The van der Waals surface area contributed by atoms with Crippen LogP contribution in [0.25, 0.3) is 11.0 Å². The predicted molar refractivity (Wildman–Crippen MR) is 85.3 cm³/mol. The van der Waals surface area contributed by atoms with Gasteiger partial charge in [0.05, 0.1) is 17.2 Å². The van der Waals surface area contributed by atoms with Crippen molar-refractivity contribution < 1.29 is 9.53 Å². The number of rotatable bonds is 2. The molecule has 1 fully saturated rings. The van der Waals surface area contributed by atoms with E-state index in [-0.39, 0.29) is 12.2 Å². The van der Waals surface area contributed by atoms with Crippen molar-refractivity contribution in [1.29, 1.82) is 0 Å². The van der Waals surface area contributed by atoms with E-state index < -0.39 is 0 Å². The van der Waals surface area contributed by atoms with Gasteiger partial charge in [-0.3, -0.25) is 4.98 Å². The summed E-state index contributed by atoms with van der Waals surface area (Å²) in [6.45, 7) is 1.57. The van der Waals surface area contributed by atoms with Crippen molar-refractivity contribution >= 4 is 34.5 Å². The number of aromatic nitrogens is 2. The van der Waals surface area contributed by atoms with E-state index in [1.54, 1.807) is 19.3 Å². The van der Waals surface area contributed by atoms with Gasteiger partial charge in [0.2, 0.25) is 0 Å². The van der Waals surface area contributed by atoms with Gasteiger partial charge in [-0.05, 0) is 18.2 Å². The molecule has 1 aromatic carbocycles. The lowest BCUT2D eigenvalue weighted by molar-refractivity contribution is 0.0848. The van der Waals surface area contributed by atoms with Gasteiger partial charge in [-0.15, -0.1) is 0 Å². The molecule has 7 heteroatoms. The highest BCUT2D eigenvalue weighted by Crippen LogP contribution is 2.22. The van der Waals surface area contributed by atoms with Gasteiger partial charge in [-0.2, -0.15) is 0 Å². The van der Waals surface area contributed by atoms with Crippen molar-refractivity contribution in [1.82, 2.24) is 15.3 Å². The minimum Gasteiger partial charge on any atom is -0.446 e. The summed E-state index contributed by atoms with van der Waals surface area (Å²) in [5.74, 6) is 0.841. The van der Waals surface area contributed by atoms with Gasteiger partial charge < -0.3 is 15.0 Å². The fourth-order valence-electron chi connectivity index (χ4n) is 2.54. The maximum Gasteiger partial charge on any atom is 0.407 e. The van der Waals surface area contributed by atoms with Gasteiger partial charge in [0.25, 0.3) is 0 Å². The van der Waals surface area contributed by atoms with Crippen molar-refractivity contribution in [3.63, 3.8) is 0 Å². The summed E-state index contributed by atoms with van der Waals surface area (Å²) < 4.78 is 5.28. The van der Waals surface area contributed by atoms with Crippen LogP contribution in [-0.2, 0) is 4.74 Å². The van der Waals surface area contributed by atoms with Crippen LogP contribution in [0.2, 0.25) is 5.02 Å². The first kappa shape index (κ1) is 14.8. The number of carbonyl (C=O) groups is 1. The van der Waals surface area contributed by atoms with Gasteiger partial charge >= 0.3 is 6.09 Å². The molecule has 0 atom stereocenters. The Morgan fingerprint density at radius 1 is 1.36 bits per heavy atom. The molecule has 0 radical (unpaired) electrons. The minimum absolute atomic E-state index is 0.0385. The average molecular weight is 321 g/mol. The lowest BCUT2D eigenvalue weighted by Gasteiger charge is -2.32. The van der Waals surface area contributed by atoms with E-state index in [9.17, 15) is 4.79 Å². The first-order valence-corrected chi connectivity index (χ1v) is 7.59. The van der Waals surface area contributed by atoms with E-state index in [0.29, 0.717) is 5.02 Å². The van der Waals surface area contributed by atoms with E-state index in [1.165, 1.54) is 0 Å². The quantitative estimate of drug-likeness (QED) is 0.921. The number of nitrogens with one attached hydrogen (secondary N) is 1. The molecular formula is C15H17ClN4O2. The van der Waals surface area contributed by atoms with Crippen LogP contribution in [0.1, 0.15) is 12.8 Å². The van der Waals surface area contributed by atoms with Crippen LogP contribution >= 0.6 is 11.6 Å². The van der Waals surface area contributed by atoms with Crippen molar-refractivity contribution in [2.45, 2.75) is 18.9 Å². The number of piperidine rings is 1.